The fourth-order valence-electron chi connectivity index (χ4n) is 5.09. The van der Waals surface area contributed by atoms with Gasteiger partial charge in [0.25, 0.3) is 5.01 Å². The third kappa shape index (κ3) is 4.95. The van der Waals surface area contributed by atoms with Crippen molar-refractivity contribution in [1.29, 1.82) is 0 Å². The molecule has 2 nitrogen and oxygen atoms in total. The first-order valence-corrected chi connectivity index (χ1v) is 14.4. The molecule has 6 rings (SSSR count). The third-order valence-corrected chi connectivity index (χ3v) is 9.01. The van der Waals surface area contributed by atoms with Crippen LogP contribution in [0.3, 0.4) is 0 Å². The van der Waals surface area contributed by atoms with Crippen molar-refractivity contribution in [3.63, 3.8) is 0 Å². The van der Waals surface area contributed by atoms with E-state index in [4.69, 9.17) is 0 Å². The molecule has 0 amide bonds. The molecule has 5 aromatic rings. The molecular formula is C33H29IN2S2. The van der Waals surface area contributed by atoms with Crippen LogP contribution in [0.2, 0.25) is 0 Å². The van der Waals surface area contributed by atoms with Gasteiger partial charge in [0.1, 0.15) is 11.2 Å². The zero-order chi connectivity index (χ0) is 25.2. The van der Waals surface area contributed by atoms with Crippen molar-refractivity contribution in [3.05, 3.63) is 119 Å². The molecule has 0 N–H and O–H groups in total. The summed E-state index contributed by atoms with van der Waals surface area (Å²) in [5.74, 6) is 0. The molecule has 4 aromatic carbocycles. The Kier molecular flexibility index (Phi) is 8.36. The highest BCUT2D eigenvalue weighted by Crippen LogP contribution is 2.49. The Balaban J connectivity index is 0.00000294. The van der Waals surface area contributed by atoms with Crippen LogP contribution in [0.1, 0.15) is 18.9 Å². The average molecular weight is 645 g/mol. The Bertz CT molecular complexity index is 1740. The van der Waals surface area contributed by atoms with Crippen LogP contribution in [-0.4, -0.2) is 6.54 Å². The van der Waals surface area contributed by atoms with Crippen molar-refractivity contribution in [3.8, 4) is 0 Å². The van der Waals surface area contributed by atoms with Crippen LogP contribution in [0, 0.1) is 0 Å². The molecule has 5 heteroatoms. The molecule has 1 aromatic heterocycles. The number of hydrogen-bond acceptors (Lipinski definition) is 3. The van der Waals surface area contributed by atoms with Gasteiger partial charge in [0.05, 0.1) is 16.1 Å². The first-order valence-electron chi connectivity index (χ1n) is 12.8. The number of allylic oxidation sites excluding steroid dienone is 6. The van der Waals surface area contributed by atoms with Crippen LogP contribution in [0.25, 0.3) is 37.8 Å². The highest BCUT2D eigenvalue weighted by atomic mass is 127. The zero-order valence-electron chi connectivity index (χ0n) is 21.5. The van der Waals surface area contributed by atoms with Crippen molar-refractivity contribution in [2.24, 2.45) is 0 Å². The normalized spacial score (nSPS) is 14.7. The molecule has 1 aliphatic heterocycles. The monoisotopic (exact) mass is 644 g/mol. The van der Waals surface area contributed by atoms with E-state index in [1.165, 1.54) is 52.4 Å². The first kappa shape index (κ1) is 26.7. The van der Waals surface area contributed by atoms with Crippen molar-refractivity contribution in [2.75, 3.05) is 11.4 Å². The number of thiazole rings is 1. The van der Waals surface area contributed by atoms with Gasteiger partial charge in [-0.05, 0) is 48.9 Å². The Morgan fingerprint density at radius 3 is 2.24 bits per heavy atom. The molecule has 0 atom stereocenters. The Labute approximate surface area is 249 Å². The molecule has 0 saturated heterocycles. The standard InChI is InChI=1S/C33H29N2S2.HI/c1-3-34-30(36-28-22-20-24-14-10-12-16-26(24)32(28)34)18-8-6-5-7-9-19-31-35(4-2)33-27-17-13-11-15-25(27)21-23-29(33)37-31;/h5-23H,3-4H2,1-2H3;1H/q+1;/p-1. The number of hydrogen-bond donors (Lipinski definition) is 0. The molecule has 0 radical (unpaired) electrons. The molecule has 0 spiro atoms. The highest BCUT2D eigenvalue weighted by molar-refractivity contribution is 8.03. The van der Waals surface area contributed by atoms with Crippen LogP contribution >= 0.6 is 23.1 Å². The highest BCUT2D eigenvalue weighted by Gasteiger charge is 2.25. The maximum atomic E-state index is 2.42. The minimum atomic E-state index is 0. The van der Waals surface area contributed by atoms with Gasteiger partial charge < -0.3 is 28.9 Å². The van der Waals surface area contributed by atoms with E-state index in [2.05, 4.69) is 139 Å². The minimum Gasteiger partial charge on any atom is -1.00 e. The fraction of sp³-hybridized carbons (Fsp3) is 0.121. The van der Waals surface area contributed by atoms with Gasteiger partial charge in [0, 0.05) is 22.9 Å². The smallest absolute Gasteiger partial charge is 0.262 e. The second kappa shape index (κ2) is 11.9. The van der Waals surface area contributed by atoms with E-state index < -0.39 is 0 Å². The summed E-state index contributed by atoms with van der Waals surface area (Å²) in [6.07, 6.45) is 15.0. The van der Waals surface area contributed by atoms with Gasteiger partial charge in [-0.3, -0.25) is 0 Å². The van der Waals surface area contributed by atoms with E-state index in [-0.39, 0.29) is 24.0 Å². The lowest BCUT2D eigenvalue weighted by atomic mass is 10.1. The predicted octanol–water partition coefficient (Wildman–Crippen LogP) is 6.12. The summed E-state index contributed by atoms with van der Waals surface area (Å²) in [7, 11) is 0. The quantitative estimate of drug-likeness (QED) is 0.125. The maximum Gasteiger partial charge on any atom is 0.262 e. The molecule has 38 heavy (non-hydrogen) atoms. The molecule has 0 saturated carbocycles. The number of benzene rings is 4. The van der Waals surface area contributed by atoms with Crippen LogP contribution in [0.15, 0.2) is 119 Å². The zero-order valence-corrected chi connectivity index (χ0v) is 25.3. The summed E-state index contributed by atoms with van der Waals surface area (Å²) >= 11 is 3.70. The lowest BCUT2D eigenvalue weighted by Gasteiger charge is -2.19. The number of aromatic nitrogens is 1. The van der Waals surface area contributed by atoms with Crippen LogP contribution in [0.4, 0.5) is 5.69 Å². The Morgan fingerprint density at radius 2 is 1.45 bits per heavy atom. The fourth-order valence-corrected chi connectivity index (χ4v) is 7.40. The summed E-state index contributed by atoms with van der Waals surface area (Å²) in [5, 5.41) is 7.78. The number of fused-ring (bicyclic) bond motifs is 6. The summed E-state index contributed by atoms with van der Waals surface area (Å²) < 4.78 is 3.75. The lowest BCUT2D eigenvalue weighted by Crippen LogP contribution is -3.00. The Morgan fingerprint density at radius 1 is 0.763 bits per heavy atom. The van der Waals surface area contributed by atoms with Crippen molar-refractivity contribution >= 4 is 66.6 Å². The summed E-state index contributed by atoms with van der Waals surface area (Å²) in [4.78, 5) is 3.75. The van der Waals surface area contributed by atoms with E-state index in [1.807, 2.05) is 23.1 Å². The molecule has 0 fully saturated rings. The van der Waals surface area contributed by atoms with Crippen molar-refractivity contribution in [2.45, 2.75) is 25.3 Å². The van der Waals surface area contributed by atoms with Crippen molar-refractivity contribution in [1.82, 2.24) is 0 Å². The van der Waals surface area contributed by atoms with Gasteiger partial charge >= 0.3 is 0 Å². The summed E-state index contributed by atoms with van der Waals surface area (Å²) in [5.41, 5.74) is 2.67. The number of nitrogens with zero attached hydrogens (tertiary/aromatic N) is 2. The number of thioether (sulfide) groups is 1. The summed E-state index contributed by atoms with van der Waals surface area (Å²) in [6.45, 7) is 6.35. The number of anilines is 1. The number of aryl methyl sites for hydroxylation is 1. The maximum absolute atomic E-state index is 2.42. The van der Waals surface area contributed by atoms with Gasteiger partial charge in [0.15, 0.2) is 0 Å². The van der Waals surface area contributed by atoms with E-state index in [0.717, 1.165) is 13.1 Å². The minimum absolute atomic E-state index is 0. The molecular weight excluding hydrogens is 615 g/mol. The van der Waals surface area contributed by atoms with Gasteiger partial charge in [-0.2, -0.15) is 4.57 Å². The molecule has 1 aliphatic rings. The second-order valence-electron chi connectivity index (χ2n) is 8.93. The predicted molar refractivity (Wildman–Crippen MR) is 163 cm³/mol. The van der Waals surface area contributed by atoms with E-state index >= 15 is 0 Å². The molecule has 190 valence electrons. The number of rotatable bonds is 6. The van der Waals surface area contributed by atoms with Crippen LogP contribution < -0.4 is 33.4 Å². The second-order valence-corrected chi connectivity index (χ2v) is 11.1. The van der Waals surface area contributed by atoms with Crippen LogP contribution in [0.5, 0.6) is 0 Å². The lowest BCUT2D eigenvalue weighted by molar-refractivity contribution is -0.664. The van der Waals surface area contributed by atoms with E-state index in [0.29, 0.717) is 0 Å². The van der Waals surface area contributed by atoms with E-state index in [1.54, 1.807) is 0 Å². The summed E-state index contributed by atoms with van der Waals surface area (Å²) in [6, 6.07) is 26.3. The third-order valence-electron chi connectivity index (χ3n) is 6.78. The Hall–Kier alpha value is -2.87. The van der Waals surface area contributed by atoms with E-state index in [9.17, 15) is 0 Å². The largest absolute Gasteiger partial charge is 1.00 e. The number of halogens is 1. The SMILES string of the molecule is CCN1C(=CC=CC=CC=Cc2sc3ccc4ccccc4c3[n+]2CC)Sc2ccc3ccccc3c21.[I-]. The molecule has 0 bridgehead atoms. The van der Waals surface area contributed by atoms with Crippen LogP contribution in [-0.2, 0) is 6.54 Å². The molecule has 2 heterocycles. The molecule has 0 unspecified atom stereocenters. The molecule has 0 aliphatic carbocycles. The topological polar surface area (TPSA) is 7.12 Å². The van der Waals surface area contributed by atoms with Gasteiger partial charge in [-0.15, -0.1) is 0 Å². The average Bonchev–Trinajstić information content (AvgIpc) is 3.50. The van der Waals surface area contributed by atoms with Gasteiger partial charge in [0.2, 0.25) is 5.52 Å². The van der Waals surface area contributed by atoms with Crippen molar-refractivity contribution < 1.29 is 28.5 Å². The van der Waals surface area contributed by atoms with Gasteiger partial charge in [-0.1, -0.05) is 108 Å². The first-order chi connectivity index (χ1) is 18.3. The van der Waals surface area contributed by atoms with Gasteiger partial charge in [-0.25, -0.2) is 0 Å².